The van der Waals surface area contributed by atoms with Gasteiger partial charge in [0.2, 0.25) is 0 Å². The fourth-order valence-electron chi connectivity index (χ4n) is 2.18. The lowest BCUT2D eigenvalue weighted by molar-refractivity contribution is -0.115. The summed E-state index contributed by atoms with van der Waals surface area (Å²) in [5, 5.41) is 13.1. The van der Waals surface area contributed by atoms with Crippen LogP contribution in [0.3, 0.4) is 0 Å². The van der Waals surface area contributed by atoms with Gasteiger partial charge in [0, 0.05) is 10.6 Å². The molecule has 0 aromatic heterocycles. The number of aromatic hydroxyl groups is 1. The lowest BCUT2D eigenvalue weighted by atomic mass is 10.2. The second kappa shape index (κ2) is 7.63. The Labute approximate surface area is 158 Å². The van der Waals surface area contributed by atoms with Crippen LogP contribution < -0.4 is 10.1 Å². The van der Waals surface area contributed by atoms with E-state index < -0.39 is 5.91 Å². The summed E-state index contributed by atoms with van der Waals surface area (Å²) in [4.78, 5) is 28.5. The quantitative estimate of drug-likeness (QED) is 0.786. The van der Waals surface area contributed by atoms with E-state index in [4.69, 9.17) is 16.3 Å². The number of halogens is 1. The number of methoxy groups -OCH3 is 1. The van der Waals surface area contributed by atoms with E-state index in [0.29, 0.717) is 26.8 Å². The minimum atomic E-state index is -0.479. The molecule has 3 rings (SSSR count). The van der Waals surface area contributed by atoms with Gasteiger partial charge in [-0.25, -0.2) is 0 Å². The molecule has 0 spiro atoms. The van der Waals surface area contributed by atoms with Gasteiger partial charge in [-0.2, -0.15) is 4.99 Å². The largest absolute Gasteiger partial charge is 0.504 e. The number of hydrogen-bond donors (Lipinski definition) is 2. The van der Waals surface area contributed by atoms with Crippen LogP contribution in [0, 0.1) is 0 Å². The van der Waals surface area contributed by atoms with Gasteiger partial charge in [-0.05, 0) is 59.8 Å². The molecule has 1 aliphatic heterocycles. The highest BCUT2D eigenvalue weighted by atomic mass is 35.5. The SMILES string of the molecule is COc1ccc(/C=C2\SC(=NC(=O)c3ccc(Cl)cc3)NC2=O)cc1O. The van der Waals surface area contributed by atoms with Crippen molar-refractivity contribution in [2.45, 2.75) is 0 Å². The van der Waals surface area contributed by atoms with Crippen LogP contribution >= 0.6 is 23.4 Å². The van der Waals surface area contributed by atoms with E-state index in [2.05, 4.69) is 10.3 Å². The van der Waals surface area contributed by atoms with Crippen molar-refractivity contribution in [1.82, 2.24) is 5.32 Å². The summed E-state index contributed by atoms with van der Waals surface area (Å²) in [5.74, 6) is -0.538. The zero-order valence-corrected chi connectivity index (χ0v) is 15.1. The van der Waals surface area contributed by atoms with Crippen LogP contribution in [0.1, 0.15) is 15.9 Å². The number of amides is 2. The van der Waals surface area contributed by atoms with Gasteiger partial charge in [0.05, 0.1) is 12.0 Å². The zero-order valence-electron chi connectivity index (χ0n) is 13.5. The second-order valence-electron chi connectivity index (χ2n) is 5.23. The van der Waals surface area contributed by atoms with Gasteiger partial charge in [-0.15, -0.1) is 0 Å². The molecule has 0 atom stereocenters. The molecule has 2 aromatic rings. The summed E-state index contributed by atoms with van der Waals surface area (Å²) >= 11 is 6.84. The Morgan fingerprint density at radius 2 is 2.00 bits per heavy atom. The summed E-state index contributed by atoms with van der Waals surface area (Å²) in [6.07, 6.45) is 1.59. The van der Waals surface area contributed by atoms with Gasteiger partial charge in [-0.1, -0.05) is 17.7 Å². The van der Waals surface area contributed by atoms with Gasteiger partial charge in [-0.3, -0.25) is 9.59 Å². The zero-order chi connectivity index (χ0) is 18.7. The Balaban J connectivity index is 1.78. The van der Waals surface area contributed by atoms with E-state index in [1.807, 2.05) is 0 Å². The first-order valence-electron chi connectivity index (χ1n) is 7.43. The highest BCUT2D eigenvalue weighted by molar-refractivity contribution is 8.18. The van der Waals surface area contributed by atoms with E-state index in [9.17, 15) is 14.7 Å². The van der Waals surface area contributed by atoms with E-state index in [0.717, 1.165) is 11.8 Å². The smallest absolute Gasteiger partial charge is 0.279 e. The first-order chi connectivity index (χ1) is 12.5. The lowest BCUT2D eigenvalue weighted by Crippen LogP contribution is -2.20. The number of nitrogens with one attached hydrogen (secondary N) is 1. The van der Waals surface area contributed by atoms with E-state index in [1.165, 1.54) is 13.2 Å². The Morgan fingerprint density at radius 1 is 1.27 bits per heavy atom. The first-order valence-corrected chi connectivity index (χ1v) is 8.62. The molecule has 1 fully saturated rings. The lowest BCUT2D eigenvalue weighted by Gasteiger charge is -2.03. The number of benzene rings is 2. The van der Waals surface area contributed by atoms with Crippen molar-refractivity contribution in [3.8, 4) is 11.5 Å². The summed E-state index contributed by atoms with van der Waals surface area (Å²) < 4.78 is 4.98. The predicted octanol–water partition coefficient (Wildman–Crippen LogP) is 3.45. The summed E-state index contributed by atoms with van der Waals surface area (Å²) in [6.45, 7) is 0. The molecule has 0 aliphatic carbocycles. The molecule has 1 aliphatic rings. The molecule has 2 amide bonds. The third kappa shape index (κ3) is 4.07. The molecule has 0 bridgehead atoms. The molecule has 2 N–H and O–H groups in total. The number of thioether (sulfide) groups is 1. The number of rotatable bonds is 3. The van der Waals surface area contributed by atoms with Crippen molar-refractivity contribution in [3.63, 3.8) is 0 Å². The molecule has 0 saturated carbocycles. The second-order valence-corrected chi connectivity index (χ2v) is 6.69. The van der Waals surface area contributed by atoms with Crippen molar-refractivity contribution in [1.29, 1.82) is 0 Å². The van der Waals surface area contributed by atoms with Gasteiger partial charge in [0.15, 0.2) is 16.7 Å². The molecule has 0 unspecified atom stereocenters. The average molecular weight is 389 g/mol. The maximum atomic E-state index is 12.1. The van der Waals surface area contributed by atoms with Crippen LogP contribution in [-0.2, 0) is 4.79 Å². The maximum Gasteiger partial charge on any atom is 0.279 e. The fraction of sp³-hybridized carbons (Fsp3) is 0.0556. The number of carbonyl (C=O) groups excluding carboxylic acids is 2. The predicted molar refractivity (Wildman–Crippen MR) is 102 cm³/mol. The normalized spacial score (nSPS) is 16.8. The third-order valence-corrected chi connectivity index (χ3v) is 4.61. The molecule has 1 heterocycles. The standard InChI is InChI=1S/C18H13ClN2O4S/c1-25-14-7-2-10(8-13(14)22)9-15-17(24)21-18(26-15)20-16(23)11-3-5-12(19)6-4-11/h2-9,22H,1H3,(H,20,21,23,24)/b15-9-. The Morgan fingerprint density at radius 3 is 2.65 bits per heavy atom. The van der Waals surface area contributed by atoms with Crippen molar-refractivity contribution in [2.75, 3.05) is 7.11 Å². The Hall–Kier alpha value is -2.77. The molecule has 6 nitrogen and oxygen atoms in total. The first kappa shape index (κ1) is 18.0. The van der Waals surface area contributed by atoms with Gasteiger partial charge < -0.3 is 15.2 Å². The van der Waals surface area contributed by atoms with Crippen molar-refractivity contribution >= 4 is 46.4 Å². The number of carbonyl (C=O) groups is 2. The molecule has 8 heteroatoms. The summed E-state index contributed by atoms with van der Waals surface area (Å²) in [6, 6.07) is 11.1. The van der Waals surface area contributed by atoms with Crippen molar-refractivity contribution < 1.29 is 19.4 Å². The fourth-order valence-corrected chi connectivity index (χ4v) is 3.12. The molecule has 132 valence electrons. The van der Waals surface area contributed by atoms with Gasteiger partial charge >= 0.3 is 0 Å². The summed E-state index contributed by atoms with van der Waals surface area (Å²) in [7, 11) is 1.45. The van der Waals surface area contributed by atoms with Crippen LogP contribution in [0.25, 0.3) is 6.08 Å². The maximum absolute atomic E-state index is 12.1. The molecule has 0 radical (unpaired) electrons. The number of phenolic OH excluding ortho intramolecular Hbond substituents is 1. The molecule has 2 aromatic carbocycles. The van der Waals surface area contributed by atoms with Crippen molar-refractivity contribution in [2.24, 2.45) is 4.99 Å². The molecule has 26 heavy (non-hydrogen) atoms. The van der Waals surface area contributed by atoms with Gasteiger partial charge in [0.25, 0.3) is 11.8 Å². The van der Waals surface area contributed by atoms with Crippen LogP contribution in [0.4, 0.5) is 0 Å². The minimum Gasteiger partial charge on any atom is -0.504 e. The van der Waals surface area contributed by atoms with E-state index in [1.54, 1.807) is 42.5 Å². The highest BCUT2D eigenvalue weighted by Gasteiger charge is 2.25. The van der Waals surface area contributed by atoms with Crippen LogP contribution in [0.15, 0.2) is 52.4 Å². The van der Waals surface area contributed by atoms with E-state index >= 15 is 0 Å². The summed E-state index contributed by atoms with van der Waals surface area (Å²) in [5.41, 5.74) is 0.987. The molecular formula is C18H13ClN2O4S. The number of ether oxygens (including phenoxy) is 1. The number of amidine groups is 1. The average Bonchev–Trinajstić information content (AvgIpc) is 2.94. The number of hydrogen-bond acceptors (Lipinski definition) is 5. The monoisotopic (exact) mass is 388 g/mol. The van der Waals surface area contributed by atoms with E-state index in [-0.39, 0.29) is 16.8 Å². The number of phenols is 1. The molecular weight excluding hydrogens is 376 g/mol. The molecule has 1 saturated heterocycles. The van der Waals surface area contributed by atoms with Gasteiger partial charge in [0.1, 0.15) is 0 Å². The number of nitrogens with zero attached hydrogens (tertiary/aromatic N) is 1. The van der Waals surface area contributed by atoms with Crippen LogP contribution in [-0.4, -0.2) is 29.2 Å². The van der Waals surface area contributed by atoms with Crippen LogP contribution in [0.2, 0.25) is 5.02 Å². The Kier molecular flexibility index (Phi) is 5.29. The van der Waals surface area contributed by atoms with Crippen LogP contribution in [0.5, 0.6) is 11.5 Å². The topological polar surface area (TPSA) is 88.0 Å². The number of aliphatic imine (C=N–C) groups is 1. The highest BCUT2D eigenvalue weighted by Crippen LogP contribution is 2.30. The minimum absolute atomic E-state index is 0.0305. The van der Waals surface area contributed by atoms with Crippen molar-refractivity contribution in [3.05, 3.63) is 63.5 Å². The Bertz CT molecular complexity index is 939. The third-order valence-electron chi connectivity index (χ3n) is 3.45.